The standard InChI is InChI=1S/C10H17N3OS/c1-2-14-8-3-5-13(6-4-8)10-12-7-9(11)15-10/h7-8H,2-6,11H2,1H3. The summed E-state index contributed by atoms with van der Waals surface area (Å²) in [6, 6.07) is 0. The van der Waals surface area contributed by atoms with Crippen LogP contribution in [0.3, 0.4) is 0 Å². The summed E-state index contributed by atoms with van der Waals surface area (Å²) in [6.45, 7) is 4.91. The molecule has 0 saturated carbocycles. The highest BCUT2D eigenvalue weighted by atomic mass is 32.1. The first-order valence-corrected chi connectivity index (χ1v) is 6.19. The Morgan fingerprint density at radius 2 is 2.33 bits per heavy atom. The van der Waals surface area contributed by atoms with Crippen LogP contribution in [0.4, 0.5) is 10.1 Å². The van der Waals surface area contributed by atoms with Gasteiger partial charge in [0.2, 0.25) is 0 Å². The first-order chi connectivity index (χ1) is 7.29. The van der Waals surface area contributed by atoms with Gasteiger partial charge in [-0.1, -0.05) is 11.3 Å². The normalized spacial score (nSPS) is 18.3. The monoisotopic (exact) mass is 227 g/mol. The van der Waals surface area contributed by atoms with Crippen LogP contribution in [-0.4, -0.2) is 30.8 Å². The van der Waals surface area contributed by atoms with Gasteiger partial charge in [-0.2, -0.15) is 0 Å². The summed E-state index contributed by atoms with van der Waals surface area (Å²) in [5, 5.41) is 1.83. The average molecular weight is 227 g/mol. The molecule has 0 unspecified atom stereocenters. The lowest BCUT2D eigenvalue weighted by atomic mass is 10.1. The minimum absolute atomic E-state index is 0.434. The van der Waals surface area contributed by atoms with E-state index in [2.05, 4.69) is 9.88 Å². The number of piperidine rings is 1. The van der Waals surface area contributed by atoms with E-state index in [-0.39, 0.29) is 0 Å². The number of hydrogen-bond acceptors (Lipinski definition) is 5. The van der Waals surface area contributed by atoms with Crippen LogP contribution in [0, 0.1) is 0 Å². The van der Waals surface area contributed by atoms with Crippen LogP contribution < -0.4 is 10.6 Å². The minimum Gasteiger partial charge on any atom is -0.389 e. The molecule has 1 aliphatic rings. The fraction of sp³-hybridized carbons (Fsp3) is 0.700. The number of thiazole rings is 1. The van der Waals surface area contributed by atoms with E-state index in [4.69, 9.17) is 10.5 Å². The van der Waals surface area contributed by atoms with E-state index in [0.29, 0.717) is 6.10 Å². The van der Waals surface area contributed by atoms with Crippen LogP contribution in [0.25, 0.3) is 0 Å². The lowest BCUT2D eigenvalue weighted by Crippen LogP contribution is -2.36. The van der Waals surface area contributed by atoms with Crippen LogP contribution in [-0.2, 0) is 4.74 Å². The van der Waals surface area contributed by atoms with E-state index in [1.54, 1.807) is 17.5 Å². The number of nitrogens with two attached hydrogens (primary N) is 1. The predicted octanol–water partition coefficient (Wildman–Crippen LogP) is 1.73. The lowest BCUT2D eigenvalue weighted by molar-refractivity contribution is 0.0459. The van der Waals surface area contributed by atoms with Crippen LogP contribution in [0.1, 0.15) is 19.8 Å². The van der Waals surface area contributed by atoms with Gasteiger partial charge in [0.25, 0.3) is 0 Å². The van der Waals surface area contributed by atoms with Crippen molar-refractivity contribution in [3.05, 3.63) is 6.20 Å². The summed E-state index contributed by atoms with van der Waals surface area (Å²) in [5.74, 6) is 0. The first-order valence-electron chi connectivity index (χ1n) is 5.37. The molecule has 1 saturated heterocycles. The number of ether oxygens (including phenoxy) is 1. The molecule has 2 rings (SSSR count). The van der Waals surface area contributed by atoms with Crippen molar-refractivity contribution in [3.63, 3.8) is 0 Å². The topological polar surface area (TPSA) is 51.4 Å². The van der Waals surface area contributed by atoms with E-state index in [9.17, 15) is 0 Å². The summed E-state index contributed by atoms with van der Waals surface area (Å²) in [6.07, 6.45) is 4.35. The van der Waals surface area contributed by atoms with Crippen molar-refractivity contribution in [2.75, 3.05) is 30.3 Å². The molecule has 84 valence electrons. The number of hydrogen-bond donors (Lipinski definition) is 1. The van der Waals surface area contributed by atoms with E-state index < -0.39 is 0 Å². The molecule has 0 radical (unpaired) electrons. The Kier molecular flexibility index (Phi) is 3.43. The molecule has 2 N–H and O–H groups in total. The zero-order valence-electron chi connectivity index (χ0n) is 8.98. The van der Waals surface area contributed by atoms with Gasteiger partial charge in [-0.25, -0.2) is 4.98 Å². The van der Waals surface area contributed by atoms with Crippen molar-refractivity contribution in [1.29, 1.82) is 0 Å². The molecule has 0 spiro atoms. The number of rotatable bonds is 3. The van der Waals surface area contributed by atoms with Crippen LogP contribution in [0.15, 0.2) is 6.20 Å². The van der Waals surface area contributed by atoms with Crippen molar-refractivity contribution < 1.29 is 4.74 Å². The number of nitrogen functional groups attached to an aromatic ring is 1. The Labute approximate surface area is 94.1 Å². The van der Waals surface area contributed by atoms with Gasteiger partial charge >= 0.3 is 0 Å². The van der Waals surface area contributed by atoms with Gasteiger partial charge in [0.05, 0.1) is 12.3 Å². The van der Waals surface area contributed by atoms with E-state index in [1.165, 1.54) is 0 Å². The Morgan fingerprint density at radius 3 is 2.87 bits per heavy atom. The van der Waals surface area contributed by atoms with Crippen LogP contribution >= 0.6 is 11.3 Å². The molecule has 1 aliphatic heterocycles. The molecule has 4 nitrogen and oxygen atoms in total. The molecule has 0 aliphatic carbocycles. The zero-order valence-corrected chi connectivity index (χ0v) is 9.80. The van der Waals surface area contributed by atoms with Gasteiger partial charge in [0.15, 0.2) is 5.13 Å². The molecule has 2 heterocycles. The molecule has 1 aromatic rings. The maximum absolute atomic E-state index is 5.66. The quantitative estimate of drug-likeness (QED) is 0.854. The summed E-state index contributed by atoms with van der Waals surface area (Å²) in [5.41, 5.74) is 5.66. The summed E-state index contributed by atoms with van der Waals surface area (Å²) >= 11 is 1.56. The predicted molar refractivity (Wildman–Crippen MR) is 63.4 cm³/mol. The highest BCUT2D eigenvalue weighted by Crippen LogP contribution is 2.27. The zero-order chi connectivity index (χ0) is 10.7. The van der Waals surface area contributed by atoms with Crippen LogP contribution in [0.2, 0.25) is 0 Å². The van der Waals surface area contributed by atoms with Crippen molar-refractivity contribution in [1.82, 2.24) is 4.98 Å². The Bertz CT molecular complexity index is 307. The third kappa shape index (κ3) is 2.60. The smallest absolute Gasteiger partial charge is 0.187 e. The number of aromatic nitrogens is 1. The fourth-order valence-electron chi connectivity index (χ4n) is 1.87. The van der Waals surface area contributed by atoms with Gasteiger partial charge in [-0.15, -0.1) is 0 Å². The second-order valence-electron chi connectivity index (χ2n) is 3.69. The molecule has 0 amide bonds. The molecule has 1 fully saturated rings. The third-order valence-electron chi connectivity index (χ3n) is 2.63. The highest BCUT2D eigenvalue weighted by molar-refractivity contribution is 7.19. The molecular formula is C10H17N3OS. The van der Waals surface area contributed by atoms with Crippen molar-refractivity contribution in [3.8, 4) is 0 Å². The maximum Gasteiger partial charge on any atom is 0.187 e. The van der Waals surface area contributed by atoms with Gasteiger partial charge < -0.3 is 15.4 Å². The summed E-state index contributed by atoms with van der Waals surface area (Å²) in [7, 11) is 0. The summed E-state index contributed by atoms with van der Waals surface area (Å²) < 4.78 is 5.60. The van der Waals surface area contributed by atoms with Crippen molar-refractivity contribution in [2.24, 2.45) is 0 Å². The molecule has 0 atom stereocenters. The first kappa shape index (κ1) is 10.7. The van der Waals surface area contributed by atoms with Gasteiger partial charge in [0.1, 0.15) is 5.00 Å². The van der Waals surface area contributed by atoms with Crippen molar-refractivity contribution >= 4 is 21.5 Å². The molecular weight excluding hydrogens is 210 g/mol. The fourth-order valence-corrected chi connectivity index (χ4v) is 2.61. The highest BCUT2D eigenvalue weighted by Gasteiger charge is 2.20. The van der Waals surface area contributed by atoms with Gasteiger partial charge in [0, 0.05) is 19.7 Å². The van der Waals surface area contributed by atoms with Crippen molar-refractivity contribution in [2.45, 2.75) is 25.9 Å². The van der Waals surface area contributed by atoms with Gasteiger partial charge in [-0.05, 0) is 19.8 Å². The maximum atomic E-state index is 5.66. The SMILES string of the molecule is CCOC1CCN(c2ncc(N)s2)CC1. The molecule has 1 aromatic heterocycles. The number of anilines is 2. The number of nitrogens with zero attached hydrogens (tertiary/aromatic N) is 2. The van der Waals surface area contributed by atoms with E-state index >= 15 is 0 Å². The Balaban J connectivity index is 1.88. The second kappa shape index (κ2) is 4.81. The van der Waals surface area contributed by atoms with E-state index in [1.807, 2.05) is 6.92 Å². The van der Waals surface area contributed by atoms with Gasteiger partial charge in [-0.3, -0.25) is 0 Å². The second-order valence-corrected chi connectivity index (χ2v) is 4.73. The average Bonchev–Trinajstić information content (AvgIpc) is 2.67. The van der Waals surface area contributed by atoms with E-state index in [0.717, 1.165) is 42.7 Å². The lowest BCUT2D eigenvalue weighted by Gasteiger charge is -2.31. The molecule has 15 heavy (non-hydrogen) atoms. The molecule has 0 bridgehead atoms. The van der Waals surface area contributed by atoms with Crippen LogP contribution in [0.5, 0.6) is 0 Å². The summed E-state index contributed by atoms with van der Waals surface area (Å²) in [4.78, 5) is 6.58. The Morgan fingerprint density at radius 1 is 1.60 bits per heavy atom. The molecule has 0 aromatic carbocycles. The minimum atomic E-state index is 0.434. The molecule has 5 heteroatoms. The third-order valence-corrected chi connectivity index (χ3v) is 3.51. The Hall–Kier alpha value is -0.810. The largest absolute Gasteiger partial charge is 0.389 e.